The molecule has 3 fully saturated rings. The van der Waals surface area contributed by atoms with Crippen molar-refractivity contribution in [1.82, 2.24) is 30.4 Å². The van der Waals surface area contributed by atoms with E-state index in [0.29, 0.717) is 49.4 Å². The second-order valence-corrected chi connectivity index (χ2v) is 15.7. The minimum absolute atomic E-state index is 0.0304. The maximum absolute atomic E-state index is 15.0. The van der Waals surface area contributed by atoms with E-state index >= 15 is 8.78 Å². The van der Waals surface area contributed by atoms with Gasteiger partial charge in [-0.15, -0.1) is 0 Å². The van der Waals surface area contributed by atoms with Gasteiger partial charge in [0.1, 0.15) is 23.2 Å². The van der Waals surface area contributed by atoms with E-state index in [9.17, 15) is 28.8 Å². The highest BCUT2D eigenvalue weighted by molar-refractivity contribution is 6.24. The standard InChI is InChI=1S/C41H45F2N9O8/c1-49-29-20-44-40(48-34(29)51(25-7-3-4-8-25)22-41(42,43)39(49)58)46-27-12-11-23(19-31(27)59-2)35(54)45-24-15-17-50(21-24)16-6-18-60-30-10-5-9-26-33(30)38(57)52(37(26)56)28-13-14-32(53)47-36(28)55/h5,9-12,19-20,24-25,28H,3-4,6-8,13-18,21-22H2,1-2H3,(H,45,54)(H,44,46,48)(H,47,53,55)/t24-,28?/m0/s1. The molecule has 1 aromatic heterocycles. The SMILES string of the molecule is COc1cc(C(=O)N[C@H]2CCN(CCCOc3cccc4c3C(=O)N(C3CCC(=O)NC3=O)C4=O)C2)ccc1Nc1ncc2c(n1)N(C1CCCC1)CC(F)(F)C(=O)N2C. The number of ether oxygens (including phenoxy) is 2. The Kier molecular flexibility index (Phi) is 11.1. The third-order valence-corrected chi connectivity index (χ3v) is 11.8. The Bertz CT molecular complexity index is 2250. The first-order chi connectivity index (χ1) is 28.8. The van der Waals surface area contributed by atoms with Gasteiger partial charge in [-0.05, 0) is 62.4 Å². The average Bonchev–Trinajstić information content (AvgIpc) is 3.98. The summed E-state index contributed by atoms with van der Waals surface area (Å²) < 4.78 is 41.6. The number of amides is 6. The molecule has 19 heteroatoms. The lowest BCUT2D eigenvalue weighted by molar-refractivity contribution is -0.140. The van der Waals surface area contributed by atoms with Crippen LogP contribution in [0.5, 0.6) is 11.5 Å². The number of fused-ring (bicyclic) bond motifs is 2. The molecular weight excluding hydrogens is 785 g/mol. The number of hydrogen-bond acceptors (Lipinski definition) is 13. The monoisotopic (exact) mass is 829 g/mol. The zero-order valence-corrected chi connectivity index (χ0v) is 33.2. The molecule has 316 valence electrons. The Labute approximate surface area is 343 Å². The third-order valence-electron chi connectivity index (χ3n) is 11.8. The maximum Gasteiger partial charge on any atom is 0.342 e. The molecule has 1 unspecified atom stereocenters. The topological polar surface area (TPSA) is 196 Å². The molecule has 0 bridgehead atoms. The summed E-state index contributed by atoms with van der Waals surface area (Å²) in [6.07, 6.45) is 6.01. The van der Waals surface area contributed by atoms with Gasteiger partial charge in [-0.2, -0.15) is 13.8 Å². The molecule has 6 amide bonds. The van der Waals surface area contributed by atoms with E-state index in [1.54, 1.807) is 30.3 Å². The number of aromatic nitrogens is 2. The first-order valence-electron chi connectivity index (χ1n) is 20.1. The first-order valence-corrected chi connectivity index (χ1v) is 20.1. The second kappa shape index (κ2) is 16.4. The van der Waals surface area contributed by atoms with Crippen LogP contribution in [-0.2, 0) is 14.4 Å². The number of rotatable bonds is 12. The smallest absolute Gasteiger partial charge is 0.342 e. The van der Waals surface area contributed by atoms with E-state index in [1.807, 2.05) is 0 Å². The summed E-state index contributed by atoms with van der Waals surface area (Å²) in [5.74, 6) is -6.60. The number of piperidine rings is 1. The summed E-state index contributed by atoms with van der Waals surface area (Å²) in [7, 11) is 2.76. The molecule has 1 saturated carbocycles. The number of anilines is 4. The number of benzene rings is 2. The molecule has 8 rings (SSSR count). The van der Waals surface area contributed by atoms with Crippen LogP contribution in [0.2, 0.25) is 0 Å². The van der Waals surface area contributed by atoms with Crippen LogP contribution in [0.25, 0.3) is 0 Å². The quantitative estimate of drug-likeness (QED) is 0.178. The average molecular weight is 830 g/mol. The Morgan fingerprint density at radius 1 is 1.02 bits per heavy atom. The van der Waals surface area contributed by atoms with E-state index in [0.717, 1.165) is 35.6 Å². The number of nitrogens with one attached hydrogen (secondary N) is 3. The number of alkyl halides is 2. The van der Waals surface area contributed by atoms with Gasteiger partial charge in [-0.3, -0.25) is 39.0 Å². The summed E-state index contributed by atoms with van der Waals surface area (Å²) in [5, 5.41) is 8.38. The Morgan fingerprint density at radius 2 is 1.82 bits per heavy atom. The van der Waals surface area contributed by atoms with Crippen LogP contribution in [0.3, 0.4) is 0 Å². The maximum atomic E-state index is 15.0. The predicted molar refractivity (Wildman–Crippen MR) is 212 cm³/mol. The van der Waals surface area contributed by atoms with Crippen molar-refractivity contribution in [3.63, 3.8) is 0 Å². The van der Waals surface area contributed by atoms with Crippen LogP contribution in [0.1, 0.15) is 82.4 Å². The summed E-state index contributed by atoms with van der Waals surface area (Å²) in [6.45, 7) is 1.49. The Hall–Kier alpha value is -6.24. The summed E-state index contributed by atoms with van der Waals surface area (Å²) in [4.78, 5) is 91.1. The van der Waals surface area contributed by atoms with E-state index in [4.69, 9.17) is 9.47 Å². The third kappa shape index (κ3) is 7.80. The van der Waals surface area contributed by atoms with E-state index in [-0.39, 0.29) is 71.8 Å². The molecule has 0 radical (unpaired) electrons. The summed E-state index contributed by atoms with van der Waals surface area (Å²) in [6, 6.07) is 8.25. The number of likely N-dealkylation sites (tertiary alicyclic amines) is 1. The van der Waals surface area contributed by atoms with Gasteiger partial charge in [-0.1, -0.05) is 18.9 Å². The number of imide groups is 2. The number of carbonyl (C=O) groups is 6. The van der Waals surface area contributed by atoms with Gasteiger partial charge in [0.2, 0.25) is 17.8 Å². The number of nitrogens with zero attached hydrogens (tertiary/aromatic N) is 6. The highest BCUT2D eigenvalue weighted by Crippen LogP contribution is 2.40. The Morgan fingerprint density at radius 3 is 2.58 bits per heavy atom. The minimum atomic E-state index is -3.60. The molecule has 2 saturated heterocycles. The van der Waals surface area contributed by atoms with Crippen LogP contribution in [0, 0.1) is 0 Å². The molecule has 17 nitrogen and oxygen atoms in total. The van der Waals surface area contributed by atoms with Gasteiger partial charge in [0, 0.05) is 50.7 Å². The molecule has 60 heavy (non-hydrogen) atoms. The summed E-state index contributed by atoms with van der Waals surface area (Å²) >= 11 is 0. The molecule has 2 aromatic carbocycles. The number of hydrogen-bond donors (Lipinski definition) is 3. The molecule has 2 atom stereocenters. The van der Waals surface area contributed by atoms with Gasteiger partial charge in [0.15, 0.2) is 5.82 Å². The van der Waals surface area contributed by atoms with Crippen molar-refractivity contribution in [3.8, 4) is 11.5 Å². The Balaban J connectivity index is 0.847. The molecule has 4 aliphatic heterocycles. The molecule has 0 spiro atoms. The van der Waals surface area contributed by atoms with E-state index < -0.39 is 48.0 Å². The number of halogens is 2. The van der Waals surface area contributed by atoms with Gasteiger partial charge in [-0.25, -0.2) is 4.98 Å². The van der Waals surface area contributed by atoms with Gasteiger partial charge in [0.05, 0.1) is 43.3 Å². The fourth-order valence-electron chi connectivity index (χ4n) is 8.66. The van der Waals surface area contributed by atoms with Crippen molar-refractivity contribution in [2.24, 2.45) is 0 Å². The number of methoxy groups -OCH3 is 1. The van der Waals surface area contributed by atoms with Gasteiger partial charge in [0.25, 0.3) is 23.6 Å². The zero-order chi connectivity index (χ0) is 42.3. The van der Waals surface area contributed by atoms with Crippen LogP contribution in [0.15, 0.2) is 42.6 Å². The molecule has 1 aliphatic carbocycles. The van der Waals surface area contributed by atoms with Crippen LogP contribution in [0.4, 0.5) is 31.9 Å². The molecular formula is C41H45F2N9O8. The van der Waals surface area contributed by atoms with E-state index in [2.05, 4.69) is 30.8 Å². The highest BCUT2D eigenvalue weighted by atomic mass is 19.3. The molecule has 5 aliphatic rings. The first kappa shape index (κ1) is 40.5. The predicted octanol–water partition coefficient (Wildman–Crippen LogP) is 3.26. The fraction of sp³-hybridized carbons (Fsp3) is 0.463. The van der Waals surface area contributed by atoms with Crippen molar-refractivity contribution in [3.05, 3.63) is 59.3 Å². The van der Waals surface area contributed by atoms with Crippen molar-refractivity contribution < 1.29 is 47.0 Å². The lowest BCUT2D eigenvalue weighted by Gasteiger charge is -2.31. The van der Waals surface area contributed by atoms with Crippen LogP contribution in [-0.4, -0.2) is 126 Å². The van der Waals surface area contributed by atoms with Crippen molar-refractivity contribution in [1.29, 1.82) is 0 Å². The van der Waals surface area contributed by atoms with Crippen molar-refractivity contribution >= 4 is 58.6 Å². The molecule has 3 aromatic rings. The van der Waals surface area contributed by atoms with Crippen LogP contribution >= 0.6 is 0 Å². The highest BCUT2D eigenvalue weighted by Gasteiger charge is 2.49. The lowest BCUT2D eigenvalue weighted by Crippen LogP contribution is -2.54. The fourth-order valence-corrected chi connectivity index (χ4v) is 8.66. The minimum Gasteiger partial charge on any atom is -0.495 e. The van der Waals surface area contributed by atoms with Gasteiger partial charge >= 0.3 is 5.92 Å². The number of carbonyl (C=O) groups excluding carboxylic acids is 6. The summed E-state index contributed by atoms with van der Waals surface area (Å²) in [5.41, 5.74) is 1.26. The molecule has 5 heterocycles. The van der Waals surface area contributed by atoms with E-state index in [1.165, 1.54) is 31.3 Å². The van der Waals surface area contributed by atoms with Crippen molar-refractivity contribution in [2.75, 3.05) is 62.1 Å². The normalized spacial score (nSPS) is 21.8. The van der Waals surface area contributed by atoms with Crippen molar-refractivity contribution in [2.45, 2.75) is 75.4 Å². The molecule has 3 N–H and O–H groups in total. The zero-order valence-electron chi connectivity index (χ0n) is 33.2. The van der Waals surface area contributed by atoms with Gasteiger partial charge < -0.3 is 34.8 Å². The second-order valence-electron chi connectivity index (χ2n) is 15.7. The van der Waals surface area contributed by atoms with Crippen LogP contribution < -0.4 is 35.2 Å². The largest absolute Gasteiger partial charge is 0.495 e. The lowest BCUT2D eigenvalue weighted by atomic mass is 10.0.